The predicted molar refractivity (Wildman–Crippen MR) is 102 cm³/mol. The zero-order chi connectivity index (χ0) is 18.7. The van der Waals surface area contributed by atoms with Crippen molar-refractivity contribution in [3.05, 3.63) is 70.3 Å². The molecule has 26 heavy (non-hydrogen) atoms. The van der Waals surface area contributed by atoms with E-state index in [1.165, 1.54) is 18.2 Å². The lowest BCUT2D eigenvalue weighted by molar-refractivity contribution is -0.0161. The minimum atomic E-state index is -0.857. The minimum Gasteiger partial charge on any atom is -0.508 e. The van der Waals surface area contributed by atoms with Gasteiger partial charge in [0.1, 0.15) is 11.5 Å². The molecule has 1 aliphatic heterocycles. The highest BCUT2D eigenvalue weighted by molar-refractivity contribution is 9.10. The molecule has 3 rings (SSSR count). The highest BCUT2D eigenvalue weighted by Crippen LogP contribution is 2.33. The van der Waals surface area contributed by atoms with Gasteiger partial charge in [-0.3, -0.25) is 4.79 Å². The average Bonchev–Trinajstić information content (AvgIpc) is 2.61. The van der Waals surface area contributed by atoms with Gasteiger partial charge in [-0.25, -0.2) is 0 Å². The van der Waals surface area contributed by atoms with Crippen LogP contribution in [0.1, 0.15) is 28.8 Å². The lowest BCUT2D eigenvalue weighted by atomic mass is 9.84. The normalized spacial score (nSPS) is 16.8. The number of ketones is 1. The molecule has 1 saturated heterocycles. The third-order valence-electron chi connectivity index (χ3n) is 4.69. The van der Waals surface area contributed by atoms with Gasteiger partial charge in [-0.15, -0.1) is 0 Å². The fraction of sp³-hybridized carbons (Fsp3) is 0.250. The van der Waals surface area contributed by atoms with Gasteiger partial charge in [-0.2, -0.15) is 0 Å². The molecule has 0 atom stereocenters. The Morgan fingerprint density at radius 1 is 1.08 bits per heavy atom. The zero-order valence-corrected chi connectivity index (χ0v) is 15.7. The van der Waals surface area contributed by atoms with Crippen LogP contribution in [-0.4, -0.2) is 39.1 Å². The standard InChI is InChI=1S/C20H20BrNO4/c21-15-3-1-14(2-4-15)20(26)8-11-22(12-9-20)10-7-18(24)17-6-5-16(23)13-19(17)25/h1-7,10,13,23,25-26H,8-9,11-12H2/b10-7+. The number of hydrogen-bond acceptors (Lipinski definition) is 5. The first-order chi connectivity index (χ1) is 12.4. The molecule has 3 N–H and O–H groups in total. The number of rotatable bonds is 4. The summed E-state index contributed by atoms with van der Waals surface area (Å²) in [5.74, 6) is -0.676. The number of phenols is 2. The van der Waals surface area contributed by atoms with E-state index in [2.05, 4.69) is 15.9 Å². The van der Waals surface area contributed by atoms with Crippen molar-refractivity contribution in [3.63, 3.8) is 0 Å². The molecule has 6 heteroatoms. The summed E-state index contributed by atoms with van der Waals surface area (Å²) in [6.45, 7) is 1.25. The van der Waals surface area contributed by atoms with Crippen LogP contribution < -0.4 is 0 Å². The van der Waals surface area contributed by atoms with Crippen molar-refractivity contribution < 1.29 is 20.1 Å². The van der Waals surface area contributed by atoms with Gasteiger partial charge in [0.05, 0.1) is 11.2 Å². The Hall–Kier alpha value is -2.31. The maximum Gasteiger partial charge on any atom is 0.190 e. The summed E-state index contributed by atoms with van der Waals surface area (Å²) in [7, 11) is 0. The molecule has 2 aromatic rings. The Kier molecular flexibility index (Phi) is 5.34. The molecule has 1 aliphatic rings. The molecular formula is C20H20BrNO4. The lowest BCUT2D eigenvalue weighted by Gasteiger charge is -2.38. The van der Waals surface area contributed by atoms with Gasteiger partial charge >= 0.3 is 0 Å². The van der Waals surface area contributed by atoms with Crippen LogP contribution in [0.4, 0.5) is 0 Å². The van der Waals surface area contributed by atoms with Crippen molar-refractivity contribution in [3.8, 4) is 11.5 Å². The van der Waals surface area contributed by atoms with Crippen LogP contribution in [0.3, 0.4) is 0 Å². The third-order valence-corrected chi connectivity index (χ3v) is 5.22. The molecule has 0 radical (unpaired) electrons. The van der Waals surface area contributed by atoms with Crippen molar-refractivity contribution in [2.24, 2.45) is 0 Å². The van der Waals surface area contributed by atoms with E-state index in [0.29, 0.717) is 25.9 Å². The van der Waals surface area contributed by atoms with E-state index in [1.807, 2.05) is 29.2 Å². The van der Waals surface area contributed by atoms with Gasteiger partial charge in [-0.1, -0.05) is 28.1 Å². The Morgan fingerprint density at radius 2 is 1.73 bits per heavy atom. The number of hydrogen-bond donors (Lipinski definition) is 3. The smallest absolute Gasteiger partial charge is 0.190 e. The van der Waals surface area contributed by atoms with Gasteiger partial charge in [0.15, 0.2) is 5.78 Å². The molecule has 0 unspecified atom stereocenters. The number of allylic oxidation sites excluding steroid dienone is 1. The fourth-order valence-corrected chi connectivity index (χ4v) is 3.35. The number of benzene rings is 2. The summed E-state index contributed by atoms with van der Waals surface area (Å²) in [6.07, 6.45) is 4.22. The van der Waals surface area contributed by atoms with Crippen LogP contribution in [0.15, 0.2) is 59.2 Å². The van der Waals surface area contributed by atoms with E-state index in [4.69, 9.17) is 0 Å². The van der Waals surface area contributed by atoms with Crippen LogP contribution in [0.25, 0.3) is 0 Å². The number of carbonyl (C=O) groups is 1. The quantitative estimate of drug-likeness (QED) is 0.523. The number of halogens is 1. The fourth-order valence-electron chi connectivity index (χ4n) is 3.08. The molecule has 2 aromatic carbocycles. The van der Waals surface area contributed by atoms with Gasteiger partial charge in [0.2, 0.25) is 0 Å². The van der Waals surface area contributed by atoms with Gasteiger partial charge in [0, 0.05) is 35.9 Å². The van der Waals surface area contributed by atoms with Crippen LogP contribution in [-0.2, 0) is 5.60 Å². The van der Waals surface area contributed by atoms with E-state index >= 15 is 0 Å². The Balaban J connectivity index is 1.62. The Labute approximate surface area is 160 Å². The van der Waals surface area contributed by atoms with Crippen molar-refractivity contribution in [1.82, 2.24) is 4.90 Å². The number of likely N-dealkylation sites (tertiary alicyclic amines) is 1. The maximum atomic E-state index is 12.2. The molecule has 0 saturated carbocycles. The summed E-state index contributed by atoms with van der Waals surface area (Å²) in [5, 5.41) is 29.9. The molecule has 0 spiro atoms. The van der Waals surface area contributed by atoms with E-state index in [-0.39, 0.29) is 22.8 Å². The minimum absolute atomic E-state index is 0.0914. The SMILES string of the molecule is O=C(/C=C/N1CCC(O)(c2ccc(Br)cc2)CC1)c1ccc(O)cc1O. The lowest BCUT2D eigenvalue weighted by Crippen LogP contribution is -2.40. The molecule has 5 nitrogen and oxygen atoms in total. The van der Waals surface area contributed by atoms with E-state index < -0.39 is 5.60 Å². The van der Waals surface area contributed by atoms with Gasteiger partial charge < -0.3 is 20.2 Å². The van der Waals surface area contributed by atoms with Crippen LogP contribution in [0, 0.1) is 0 Å². The summed E-state index contributed by atoms with van der Waals surface area (Å²) < 4.78 is 0.973. The number of carbonyl (C=O) groups excluding carboxylic acids is 1. The third kappa shape index (κ3) is 4.08. The predicted octanol–water partition coefficient (Wildman–Crippen LogP) is 3.54. The number of aromatic hydroxyl groups is 2. The average molecular weight is 418 g/mol. The number of nitrogens with zero attached hydrogens (tertiary/aromatic N) is 1. The first kappa shape index (κ1) is 18.5. The van der Waals surface area contributed by atoms with Crippen LogP contribution in [0.5, 0.6) is 11.5 Å². The van der Waals surface area contributed by atoms with Crippen LogP contribution >= 0.6 is 15.9 Å². The van der Waals surface area contributed by atoms with Crippen molar-refractivity contribution in [1.29, 1.82) is 0 Å². The first-order valence-electron chi connectivity index (χ1n) is 8.34. The van der Waals surface area contributed by atoms with Crippen molar-refractivity contribution >= 4 is 21.7 Å². The highest BCUT2D eigenvalue weighted by Gasteiger charge is 2.33. The summed E-state index contributed by atoms with van der Waals surface area (Å²) in [6, 6.07) is 11.6. The topological polar surface area (TPSA) is 81.0 Å². The molecule has 136 valence electrons. The second kappa shape index (κ2) is 7.51. The molecular weight excluding hydrogens is 398 g/mol. The van der Waals surface area contributed by atoms with Gasteiger partial charge in [0.25, 0.3) is 0 Å². The highest BCUT2D eigenvalue weighted by atomic mass is 79.9. The Morgan fingerprint density at radius 3 is 2.35 bits per heavy atom. The molecule has 0 aromatic heterocycles. The molecule has 1 heterocycles. The zero-order valence-electron chi connectivity index (χ0n) is 14.1. The van der Waals surface area contributed by atoms with Crippen molar-refractivity contribution in [2.45, 2.75) is 18.4 Å². The number of piperidine rings is 1. The second-order valence-corrected chi connectivity index (χ2v) is 7.37. The molecule has 1 fully saturated rings. The molecule has 0 amide bonds. The van der Waals surface area contributed by atoms with Crippen LogP contribution in [0.2, 0.25) is 0 Å². The Bertz CT molecular complexity index is 824. The maximum absolute atomic E-state index is 12.2. The van der Waals surface area contributed by atoms with E-state index in [9.17, 15) is 20.1 Å². The number of phenolic OH excluding ortho intramolecular Hbond substituents is 2. The second-order valence-electron chi connectivity index (χ2n) is 6.46. The monoisotopic (exact) mass is 417 g/mol. The van der Waals surface area contributed by atoms with Gasteiger partial charge in [-0.05, 0) is 42.7 Å². The molecule has 0 aliphatic carbocycles. The molecule has 0 bridgehead atoms. The summed E-state index contributed by atoms with van der Waals surface area (Å²) in [5.41, 5.74) is 0.182. The van der Waals surface area contributed by atoms with Crippen molar-refractivity contribution in [2.75, 3.05) is 13.1 Å². The number of aliphatic hydroxyl groups is 1. The largest absolute Gasteiger partial charge is 0.508 e. The summed E-state index contributed by atoms with van der Waals surface area (Å²) >= 11 is 3.40. The van der Waals surface area contributed by atoms with E-state index in [1.54, 1.807) is 6.20 Å². The first-order valence-corrected chi connectivity index (χ1v) is 9.14. The summed E-state index contributed by atoms with van der Waals surface area (Å²) in [4.78, 5) is 14.2. The van der Waals surface area contributed by atoms with E-state index in [0.717, 1.165) is 16.1 Å².